The summed E-state index contributed by atoms with van der Waals surface area (Å²) in [6.07, 6.45) is 29.7. The van der Waals surface area contributed by atoms with Crippen LogP contribution in [0.15, 0.2) is 161 Å². The molecule has 3 N–H and O–H groups in total. The van der Waals surface area contributed by atoms with Crippen LogP contribution in [0, 0.1) is 0 Å². The van der Waals surface area contributed by atoms with Gasteiger partial charge in [0.25, 0.3) is 0 Å². The molecule has 0 saturated heterocycles. The van der Waals surface area contributed by atoms with E-state index in [0.29, 0.717) is 0 Å². The number of aromatic nitrogens is 3. The second kappa shape index (κ2) is 10.3. The fraction of sp³-hybridized carbons (Fsp3) is 0.0811. The van der Waals surface area contributed by atoms with Crippen LogP contribution in [0.25, 0.3) is 16.7 Å². The molecule has 5 aliphatic rings. The fourth-order valence-electron chi connectivity index (χ4n) is 6.16. The molecule has 8 bridgehead atoms. The third-order valence-electron chi connectivity index (χ3n) is 8.37. The first kappa shape index (κ1) is 26.0. The first-order chi connectivity index (χ1) is 21.5. The standard InChI is InChI=1S/C37H30N7/c1-42-19-14-24(15-20-42)35-29-8-6-27(38-29)28-7-9-30(39-28)36(25-16-21-43(2)22-17-25)32-11-13-34(41-32)37(33-12-10-31(35)40-33)26-5-4-18-44(3)23-26/h4-23H,1-3H3,(H,40,41)/q+1/p+2. The molecule has 212 valence electrons. The number of nitrogens with one attached hydrogen (secondary N) is 1. The number of aliphatic imine (C=N–C) groups is 2. The smallest absolute Gasteiger partial charge is 0.176 e. The molecule has 0 aromatic carbocycles. The zero-order chi connectivity index (χ0) is 29.8. The maximum Gasteiger partial charge on any atom is 0.176 e. The van der Waals surface area contributed by atoms with Gasteiger partial charge in [-0.05, 0) is 60.2 Å². The Morgan fingerprint density at radius 1 is 0.636 bits per heavy atom. The van der Waals surface area contributed by atoms with Crippen LogP contribution in [0.1, 0.15) is 22.5 Å². The van der Waals surface area contributed by atoms with Crippen LogP contribution in [-0.4, -0.2) is 28.4 Å². The highest BCUT2D eigenvalue weighted by Crippen LogP contribution is 2.35. The molecule has 5 aliphatic heterocycles. The number of allylic oxidation sites excluding steroid dienone is 11. The predicted molar refractivity (Wildman–Crippen MR) is 173 cm³/mol. The van der Waals surface area contributed by atoms with Crippen LogP contribution >= 0.6 is 0 Å². The summed E-state index contributed by atoms with van der Waals surface area (Å²) in [5.41, 5.74) is 14.4. The van der Waals surface area contributed by atoms with Crippen LogP contribution in [0.3, 0.4) is 0 Å². The van der Waals surface area contributed by atoms with E-state index in [9.17, 15) is 0 Å². The van der Waals surface area contributed by atoms with Gasteiger partial charge < -0.3 is 9.88 Å². The molecule has 44 heavy (non-hydrogen) atoms. The van der Waals surface area contributed by atoms with Gasteiger partial charge in [-0.25, -0.2) is 19.1 Å². The summed E-state index contributed by atoms with van der Waals surface area (Å²) < 4.78 is 4.13. The number of fused-ring (bicyclic) bond motifs is 6. The Bertz CT molecular complexity index is 2080. The van der Waals surface area contributed by atoms with Gasteiger partial charge in [0.1, 0.15) is 25.5 Å². The molecule has 7 nitrogen and oxygen atoms in total. The summed E-state index contributed by atoms with van der Waals surface area (Å²) in [7, 11) is 6.12. The molecule has 0 amide bonds. The van der Waals surface area contributed by atoms with Crippen molar-refractivity contribution in [3.63, 3.8) is 0 Å². The molecule has 0 atom stereocenters. The Morgan fingerprint density at radius 3 is 2.09 bits per heavy atom. The zero-order valence-electron chi connectivity index (χ0n) is 24.9. The molecule has 3 aromatic rings. The van der Waals surface area contributed by atoms with Gasteiger partial charge in [-0.15, -0.1) is 0 Å². The molecule has 0 spiro atoms. The Balaban J connectivity index is 1.42. The van der Waals surface area contributed by atoms with Crippen molar-refractivity contribution in [2.45, 2.75) is 0 Å². The van der Waals surface area contributed by atoms with Crippen molar-refractivity contribution in [3.8, 4) is 0 Å². The summed E-state index contributed by atoms with van der Waals surface area (Å²) in [5.74, 6) is 0. The fourth-order valence-corrected chi connectivity index (χ4v) is 6.16. The van der Waals surface area contributed by atoms with Crippen LogP contribution in [-0.2, 0) is 14.1 Å². The molecule has 3 aromatic heterocycles. The van der Waals surface area contributed by atoms with Crippen LogP contribution in [0.4, 0.5) is 0 Å². The number of nitrogens with two attached hydrogens (primary N) is 1. The van der Waals surface area contributed by atoms with E-state index in [1.54, 1.807) is 0 Å². The zero-order valence-corrected chi connectivity index (χ0v) is 24.9. The summed E-state index contributed by atoms with van der Waals surface area (Å²) >= 11 is 0. The normalized spacial score (nSPS) is 18.6. The van der Waals surface area contributed by atoms with Crippen molar-refractivity contribution in [2.75, 3.05) is 7.05 Å². The molecular formula is C37H32N7+3. The Morgan fingerprint density at radius 2 is 1.32 bits per heavy atom. The summed E-state index contributed by atoms with van der Waals surface area (Å²) in [5, 5.41) is 2.23. The molecule has 8 heterocycles. The lowest BCUT2D eigenvalue weighted by atomic mass is 9.99. The Labute approximate surface area is 256 Å². The van der Waals surface area contributed by atoms with E-state index in [4.69, 9.17) is 9.98 Å². The van der Waals surface area contributed by atoms with Crippen molar-refractivity contribution in [2.24, 2.45) is 24.1 Å². The molecule has 0 fully saturated rings. The monoisotopic (exact) mass is 574 g/mol. The second-order valence-corrected chi connectivity index (χ2v) is 11.5. The highest BCUT2D eigenvalue weighted by Gasteiger charge is 2.28. The van der Waals surface area contributed by atoms with Gasteiger partial charge in [0.15, 0.2) is 30.5 Å². The van der Waals surface area contributed by atoms with Crippen LogP contribution < -0.4 is 14.5 Å². The third-order valence-corrected chi connectivity index (χ3v) is 8.37. The van der Waals surface area contributed by atoms with E-state index < -0.39 is 0 Å². The van der Waals surface area contributed by atoms with Gasteiger partial charge in [-0.3, -0.25) is 5.32 Å². The Kier molecular flexibility index (Phi) is 6.06. The van der Waals surface area contributed by atoms with Gasteiger partial charge in [0.2, 0.25) is 0 Å². The maximum absolute atomic E-state index is 5.32. The largest absolute Gasteiger partial charge is 0.357 e. The van der Waals surface area contributed by atoms with E-state index in [-0.39, 0.29) is 0 Å². The molecule has 7 heteroatoms. The molecule has 0 radical (unpaired) electrons. The lowest BCUT2D eigenvalue weighted by Gasteiger charge is -2.15. The van der Waals surface area contributed by atoms with E-state index in [1.165, 1.54) is 0 Å². The van der Waals surface area contributed by atoms with Gasteiger partial charge in [-0.2, -0.15) is 0 Å². The van der Waals surface area contributed by atoms with Gasteiger partial charge >= 0.3 is 0 Å². The number of hydrogen-bond donors (Lipinski definition) is 2. The number of nitrogens with zero attached hydrogens (tertiary/aromatic N) is 5. The van der Waals surface area contributed by atoms with Crippen molar-refractivity contribution in [1.82, 2.24) is 9.88 Å². The lowest BCUT2D eigenvalue weighted by Crippen LogP contribution is -2.77. The summed E-state index contributed by atoms with van der Waals surface area (Å²) in [6.45, 7) is 0. The quantitative estimate of drug-likeness (QED) is 0.448. The molecule has 0 aliphatic carbocycles. The van der Waals surface area contributed by atoms with Gasteiger partial charge in [0, 0.05) is 83.5 Å². The highest BCUT2D eigenvalue weighted by atomic mass is 15.0. The third kappa shape index (κ3) is 4.51. The first-order valence-electron chi connectivity index (χ1n) is 14.7. The van der Waals surface area contributed by atoms with Crippen molar-refractivity contribution in [3.05, 3.63) is 173 Å². The minimum absolute atomic E-state index is 0.918. The average molecular weight is 575 g/mol. The predicted octanol–water partition coefficient (Wildman–Crippen LogP) is 3.94. The minimum atomic E-state index is 0.918. The van der Waals surface area contributed by atoms with Crippen molar-refractivity contribution < 1.29 is 14.5 Å². The highest BCUT2D eigenvalue weighted by molar-refractivity contribution is 6.32. The molecule has 8 rings (SSSR count). The van der Waals surface area contributed by atoms with E-state index in [0.717, 1.165) is 79.0 Å². The van der Waals surface area contributed by atoms with E-state index in [1.807, 2.05) is 19.0 Å². The minimum Gasteiger partial charge on any atom is -0.357 e. The number of quaternary nitrogens is 1. The molecular weight excluding hydrogens is 542 g/mol. The topological polar surface area (TPSA) is 68.1 Å². The van der Waals surface area contributed by atoms with E-state index in [2.05, 4.69) is 149 Å². The molecule has 0 unspecified atom stereocenters. The summed E-state index contributed by atoms with van der Waals surface area (Å²) in [6, 6.07) is 12.9. The number of rotatable bonds is 2. The average Bonchev–Trinajstić information content (AvgIpc) is 3.85. The van der Waals surface area contributed by atoms with Crippen LogP contribution in [0.2, 0.25) is 0 Å². The van der Waals surface area contributed by atoms with Gasteiger partial charge in [0.05, 0.1) is 22.7 Å². The number of aryl methyl sites for hydroxylation is 2. The Hall–Kier alpha value is -5.66. The number of H-pyrrole nitrogens is 1. The van der Waals surface area contributed by atoms with E-state index >= 15 is 0 Å². The summed E-state index contributed by atoms with van der Waals surface area (Å²) in [4.78, 5) is 16.3. The number of pyridine rings is 2. The molecule has 0 saturated carbocycles. The second-order valence-electron chi connectivity index (χ2n) is 11.5. The first-order valence-corrected chi connectivity index (χ1v) is 14.7. The van der Waals surface area contributed by atoms with Gasteiger partial charge in [-0.1, -0.05) is 0 Å². The van der Waals surface area contributed by atoms with Crippen LogP contribution in [0.5, 0.6) is 0 Å². The number of hydrogen-bond acceptors (Lipinski definition) is 3. The van der Waals surface area contributed by atoms with Crippen molar-refractivity contribution in [1.29, 1.82) is 0 Å². The number of aromatic amines is 1. The lowest BCUT2D eigenvalue weighted by molar-refractivity contribution is -0.671. The van der Waals surface area contributed by atoms with Crippen molar-refractivity contribution >= 4 is 28.1 Å². The SMILES string of the molecule is CN1C=CC(=C2C3=NC(=C4C=CC(=C(c5cc[n+](C)cc5)C5=NC(=C(c6ccc[n+](C)c6)c6ccc2[nH]6)C=C5)[NH2+]4)C=C3)C=C1. The maximum atomic E-state index is 5.32.